The third kappa shape index (κ3) is 5.44. The lowest BCUT2D eigenvalue weighted by molar-refractivity contribution is 0.102. The monoisotopic (exact) mass is 573 g/mol. The molecule has 0 unspecified atom stereocenters. The molecule has 0 atom stereocenters. The van der Waals surface area contributed by atoms with Crippen LogP contribution in [0.4, 0.5) is 17.1 Å². The lowest BCUT2D eigenvalue weighted by Gasteiger charge is -2.13. The fourth-order valence-electron chi connectivity index (χ4n) is 3.83. The molecule has 0 aromatic heterocycles. The molecule has 38 heavy (non-hydrogen) atoms. The third-order valence-electron chi connectivity index (χ3n) is 5.72. The summed E-state index contributed by atoms with van der Waals surface area (Å²) in [6, 6.07) is 16.0. The Morgan fingerprint density at radius 3 is 2.45 bits per heavy atom. The Morgan fingerprint density at radius 2 is 1.79 bits per heavy atom. The van der Waals surface area contributed by atoms with Gasteiger partial charge in [0.25, 0.3) is 16.0 Å². The molecule has 0 radical (unpaired) electrons. The number of benzene rings is 4. The van der Waals surface area contributed by atoms with Crippen LogP contribution in [0.3, 0.4) is 0 Å². The van der Waals surface area contributed by atoms with Crippen molar-refractivity contribution >= 4 is 67.1 Å². The van der Waals surface area contributed by atoms with Crippen molar-refractivity contribution in [3.05, 3.63) is 81.8 Å². The van der Waals surface area contributed by atoms with Crippen LogP contribution in [0, 0.1) is 0 Å². The van der Waals surface area contributed by atoms with Gasteiger partial charge in [-0.2, -0.15) is 8.42 Å². The number of phenols is 1. The molecule has 0 saturated heterocycles. The van der Waals surface area contributed by atoms with E-state index < -0.39 is 26.7 Å². The SMILES string of the molecule is CCc1ccc(N=Nc2c(O)c(C(=O)Nc3ccc(OC)cc3Cl)cc3ccccc23)c(Cl)c1S(=O)(=O)O. The third-order valence-corrected chi connectivity index (χ3v) is 7.51. The predicted molar refractivity (Wildman–Crippen MR) is 146 cm³/mol. The van der Waals surface area contributed by atoms with Crippen molar-refractivity contribution < 1.29 is 27.6 Å². The average Bonchev–Trinajstić information content (AvgIpc) is 2.88. The number of halogens is 2. The number of methoxy groups -OCH3 is 1. The van der Waals surface area contributed by atoms with E-state index in [4.69, 9.17) is 27.9 Å². The van der Waals surface area contributed by atoms with Crippen molar-refractivity contribution in [2.75, 3.05) is 12.4 Å². The van der Waals surface area contributed by atoms with Gasteiger partial charge in [0.15, 0.2) is 5.75 Å². The Kier molecular flexibility index (Phi) is 7.89. The summed E-state index contributed by atoms with van der Waals surface area (Å²) in [6.45, 7) is 1.71. The summed E-state index contributed by atoms with van der Waals surface area (Å²) in [5, 5.41) is 22.9. The molecule has 0 aliphatic carbocycles. The molecule has 12 heteroatoms. The van der Waals surface area contributed by atoms with Crippen LogP contribution in [0.25, 0.3) is 10.8 Å². The largest absolute Gasteiger partial charge is 0.505 e. The fraction of sp³-hybridized carbons (Fsp3) is 0.115. The van der Waals surface area contributed by atoms with Gasteiger partial charge in [-0.15, -0.1) is 10.2 Å². The first-order valence-electron chi connectivity index (χ1n) is 11.1. The van der Waals surface area contributed by atoms with Crippen LogP contribution >= 0.6 is 23.2 Å². The molecule has 3 N–H and O–H groups in total. The Bertz CT molecular complexity index is 1710. The maximum atomic E-state index is 13.1. The van der Waals surface area contributed by atoms with Crippen LogP contribution in [0.5, 0.6) is 11.5 Å². The van der Waals surface area contributed by atoms with Gasteiger partial charge in [0, 0.05) is 11.5 Å². The molecule has 0 bridgehead atoms. The number of azo groups is 1. The van der Waals surface area contributed by atoms with Crippen LogP contribution in [0.15, 0.2) is 75.8 Å². The molecule has 4 aromatic carbocycles. The number of carbonyl (C=O) groups is 1. The molecule has 1 amide bonds. The minimum atomic E-state index is -4.63. The van der Waals surface area contributed by atoms with E-state index in [0.717, 1.165) is 0 Å². The smallest absolute Gasteiger partial charge is 0.296 e. The standard InChI is InChI=1S/C26H21Cl2N3O6S/c1-3-14-8-10-21(22(28)25(14)38(34,35)36)30-31-23-17-7-5-4-6-15(17)12-18(24(23)32)26(33)29-20-11-9-16(37-2)13-19(20)27/h4-13,32H,3H2,1-2H3,(H,29,33)(H,34,35,36). The number of fused-ring (bicyclic) bond motifs is 1. The number of aromatic hydroxyl groups is 1. The fourth-order valence-corrected chi connectivity index (χ4v) is 5.44. The van der Waals surface area contributed by atoms with Crippen molar-refractivity contribution in [1.29, 1.82) is 0 Å². The van der Waals surface area contributed by atoms with Crippen LogP contribution in [0.2, 0.25) is 10.0 Å². The van der Waals surface area contributed by atoms with Crippen LogP contribution < -0.4 is 10.1 Å². The van der Waals surface area contributed by atoms with Crippen molar-refractivity contribution in [2.45, 2.75) is 18.2 Å². The van der Waals surface area contributed by atoms with Gasteiger partial charge in [-0.3, -0.25) is 9.35 Å². The summed E-state index contributed by atoms with van der Waals surface area (Å²) >= 11 is 12.5. The Hall–Kier alpha value is -3.70. The van der Waals surface area contributed by atoms with E-state index in [-0.39, 0.29) is 27.0 Å². The van der Waals surface area contributed by atoms with Gasteiger partial charge < -0.3 is 15.2 Å². The highest BCUT2D eigenvalue weighted by Gasteiger charge is 2.23. The molecular weight excluding hydrogens is 553 g/mol. The number of phenolic OH excluding ortho intramolecular Hbond substituents is 1. The van der Waals surface area contributed by atoms with E-state index in [1.54, 1.807) is 43.3 Å². The number of hydrogen-bond donors (Lipinski definition) is 3. The molecule has 4 rings (SSSR count). The second-order valence-electron chi connectivity index (χ2n) is 8.06. The molecule has 4 aromatic rings. The first kappa shape index (κ1) is 27.3. The number of nitrogens with zero attached hydrogens (tertiary/aromatic N) is 2. The molecule has 0 fully saturated rings. The number of carbonyl (C=O) groups excluding carboxylic acids is 1. The van der Waals surface area contributed by atoms with Gasteiger partial charge >= 0.3 is 0 Å². The summed E-state index contributed by atoms with van der Waals surface area (Å²) in [4.78, 5) is 12.7. The Labute approximate surface area is 228 Å². The Balaban J connectivity index is 1.80. The van der Waals surface area contributed by atoms with E-state index in [9.17, 15) is 22.9 Å². The molecule has 0 heterocycles. The first-order valence-corrected chi connectivity index (χ1v) is 13.3. The maximum absolute atomic E-state index is 13.1. The number of ether oxygens (including phenoxy) is 1. The quantitative estimate of drug-likeness (QED) is 0.156. The number of nitrogens with one attached hydrogen (secondary N) is 1. The predicted octanol–water partition coefficient (Wildman–Crippen LogP) is 7.34. The maximum Gasteiger partial charge on any atom is 0.296 e. The second-order valence-corrected chi connectivity index (χ2v) is 10.2. The van der Waals surface area contributed by atoms with E-state index in [1.165, 1.54) is 31.4 Å². The number of rotatable bonds is 7. The van der Waals surface area contributed by atoms with Crippen LogP contribution in [0.1, 0.15) is 22.8 Å². The molecule has 0 saturated carbocycles. The highest BCUT2D eigenvalue weighted by molar-refractivity contribution is 7.86. The molecule has 196 valence electrons. The van der Waals surface area contributed by atoms with Crippen molar-refractivity contribution in [1.82, 2.24) is 0 Å². The lowest BCUT2D eigenvalue weighted by atomic mass is 10.0. The zero-order chi connectivity index (χ0) is 27.6. The summed E-state index contributed by atoms with van der Waals surface area (Å²) in [5.74, 6) is -0.617. The topological polar surface area (TPSA) is 138 Å². The van der Waals surface area contributed by atoms with Crippen molar-refractivity contribution in [2.24, 2.45) is 10.2 Å². The van der Waals surface area contributed by atoms with Crippen LogP contribution in [-0.2, 0) is 16.5 Å². The number of amides is 1. The minimum absolute atomic E-state index is 0.0434. The number of hydrogen-bond acceptors (Lipinski definition) is 7. The zero-order valence-electron chi connectivity index (χ0n) is 20.1. The van der Waals surface area contributed by atoms with E-state index >= 15 is 0 Å². The van der Waals surface area contributed by atoms with E-state index in [2.05, 4.69) is 15.5 Å². The van der Waals surface area contributed by atoms with E-state index in [1.807, 2.05) is 0 Å². The average molecular weight is 574 g/mol. The van der Waals surface area contributed by atoms with Gasteiger partial charge in [0.2, 0.25) is 0 Å². The molecular formula is C26H21Cl2N3O6S. The summed E-state index contributed by atoms with van der Waals surface area (Å²) < 4.78 is 38.6. The van der Waals surface area contributed by atoms with Gasteiger partial charge in [0.1, 0.15) is 22.0 Å². The number of aryl methyl sites for hydroxylation is 1. The summed E-state index contributed by atoms with van der Waals surface area (Å²) in [6.07, 6.45) is 0.299. The summed E-state index contributed by atoms with van der Waals surface area (Å²) in [5.41, 5.74) is 0.405. The van der Waals surface area contributed by atoms with Gasteiger partial charge in [-0.05, 0) is 41.6 Å². The lowest BCUT2D eigenvalue weighted by Crippen LogP contribution is -2.12. The second kappa shape index (κ2) is 11.0. The van der Waals surface area contributed by atoms with Crippen molar-refractivity contribution in [3.63, 3.8) is 0 Å². The molecule has 0 aliphatic rings. The van der Waals surface area contributed by atoms with Gasteiger partial charge in [0.05, 0.1) is 28.4 Å². The first-order chi connectivity index (χ1) is 18.0. The Morgan fingerprint density at radius 1 is 1.05 bits per heavy atom. The van der Waals surface area contributed by atoms with Crippen molar-refractivity contribution in [3.8, 4) is 11.5 Å². The highest BCUT2D eigenvalue weighted by Crippen LogP contribution is 2.41. The van der Waals surface area contributed by atoms with Gasteiger partial charge in [-0.25, -0.2) is 0 Å². The molecule has 9 nitrogen and oxygen atoms in total. The summed E-state index contributed by atoms with van der Waals surface area (Å²) in [7, 11) is -3.15. The normalized spacial score (nSPS) is 11.7. The molecule has 0 aliphatic heterocycles. The van der Waals surface area contributed by atoms with E-state index in [0.29, 0.717) is 34.2 Å². The van der Waals surface area contributed by atoms with Gasteiger partial charge in [-0.1, -0.05) is 60.5 Å². The molecule has 0 spiro atoms. The number of anilines is 1. The minimum Gasteiger partial charge on any atom is -0.505 e. The highest BCUT2D eigenvalue weighted by atomic mass is 35.5. The van der Waals surface area contributed by atoms with Crippen LogP contribution in [-0.4, -0.2) is 31.1 Å². The zero-order valence-corrected chi connectivity index (χ0v) is 22.4.